The Bertz CT molecular complexity index is 1170. The van der Waals surface area contributed by atoms with Gasteiger partial charge in [0, 0.05) is 29.3 Å². The minimum Gasteiger partial charge on any atom is -0.323 e. The Kier molecular flexibility index (Phi) is 7.70. The molecule has 168 valence electrons. The summed E-state index contributed by atoms with van der Waals surface area (Å²) in [5.74, 6) is -0.626. The lowest BCUT2D eigenvalue weighted by molar-refractivity contribution is -0.384. The first kappa shape index (κ1) is 24.0. The fourth-order valence-electron chi connectivity index (χ4n) is 2.83. The van der Waals surface area contributed by atoms with E-state index in [9.17, 15) is 19.3 Å². The van der Waals surface area contributed by atoms with Gasteiger partial charge in [-0.05, 0) is 30.2 Å². The number of nitro groups is 1. The number of amides is 1. The van der Waals surface area contributed by atoms with Crippen molar-refractivity contribution in [3.63, 3.8) is 0 Å². The maximum absolute atomic E-state index is 13.9. The molecule has 0 atom stereocenters. The number of nitro benzene ring substituents is 1. The molecule has 1 aromatic heterocycles. The second-order valence-electron chi connectivity index (χ2n) is 7.19. The summed E-state index contributed by atoms with van der Waals surface area (Å²) in [6.07, 6.45) is 0. The topological polar surface area (TPSA) is 103 Å². The van der Waals surface area contributed by atoms with Crippen LogP contribution in [-0.2, 0) is 11.3 Å². The van der Waals surface area contributed by atoms with E-state index in [4.69, 9.17) is 23.2 Å². The van der Waals surface area contributed by atoms with E-state index in [0.29, 0.717) is 33.1 Å². The number of nitrogens with one attached hydrogen (secondary N) is 1. The van der Waals surface area contributed by atoms with E-state index in [1.165, 1.54) is 0 Å². The van der Waals surface area contributed by atoms with Gasteiger partial charge in [0.25, 0.3) is 5.69 Å². The molecule has 8 nitrogen and oxygen atoms in total. The van der Waals surface area contributed by atoms with E-state index >= 15 is 0 Å². The summed E-state index contributed by atoms with van der Waals surface area (Å²) < 4.78 is 15.8. The van der Waals surface area contributed by atoms with Gasteiger partial charge in [0.15, 0.2) is 11.0 Å². The molecule has 32 heavy (non-hydrogen) atoms. The number of anilines is 1. The Morgan fingerprint density at radius 2 is 2.00 bits per heavy atom. The van der Waals surface area contributed by atoms with Crippen LogP contribution >= 0.6 is 35.0 Å². The van der Waals surface area contributed by atoms with Gasteiger partial charge in [0.2, 0.25) is 5.91 Å². The SMILES string of the molecule is CC(C)Cn1c(SCC(=O)Nc2cc([N+](=O)[O-])ccc2F)nnc1-c1ccc(Cl)cc1Cl. The summed E-state index contributed by atoms with van der Waals surface area (Å²) in [6.45, 7) is 4.63. The quantitative estimate of drug-likeness (QED) is 0.243. The summed E-state index contributed by atoms with van der Waals surface area (Å²) in [6, 6.07) is 7.99. The van der Waals surface area contributed by atoms with E-state index in [2.05, 4.69) is 15.5 Å². The van der Waals surface area contributed by atoms with Crippen LogP contribution in [0.5, 0.6) is 0 Å². The van der Waals surface area contributed by atoms with Crippen molar-refractivity contribution in [1.29, 1.82) is 0 Å². The minimum absolute atomic E-state index is 0.104. The zero-order chi connectivity index (χ0) is 23.4. The zero-order valence-electron chi connectivity index (χ0n) is 17.0. The molecule has 0 bridgehead atoms. The van der Waals surface area contributed by atoms with Crippen molar-refractivity contribution in [3.05, 3.63) is 62.4 Å². The fraction of sp³-hybridized carbons (Fsp3) is 0.250. The maximum Gasteiger partial charge on any atom is 0.271 e. The number of thioether (sulfide) groups is 1. The third-order valence-electron chi connectivity index (χ3n) is 4.20. The number of hydrogen-bond acceptors (Lipinski definition) is 6. The van der Waals surface area contributed by atoms with Gasteiger partial charge >= 0.3 is 0 Å². The lowest BCUT2D eigenvalue weighted by Gasteiger charge is -2.13. The summed E-state index contributed by atoms with van der Waals surface area (Å²) in [5, 5.41) is 23.1. The lowest BCUT2D eigenvalue weighted by Crippen LogP contribution is -2.16. The van der Waals surface area contributed by atoms with Gasteiger partial charge < -0.3 is 9.88 Å². The highest BCUT2D eigenvalue weighted by Gasteiger charge is 2.19. The molecule has 0 spiro atoms. The molecule has 1 N–H and O–H groups in total. The highest BCUT2D eigenvalue weighted by Crippen LogP contribution is 2.32. The number of non-ortho nitro benzene ring substituents is 1. The van der Waals surface area contributed by atoms with Crippen LogP contribution in [0, 0.1) is 21.8 Å². The molecule has 0 aliphatic carbocycles. The fourth-order valence-corrected chi connectivity index (χ4v) is 4.08. The Balaban J connectivity index is 1.79. The van der Waals surface area contributed by atoms with Crippen molar-refractivity contribution in [1.82, 2.24) is 14.8 Å². The molecule has 12 heteroatoms. The third-order valence-corrected chi connectivity index (χ3v) is 5.72. The molecule has 2 aromatic carbocycles. The first-order chi connectivity index (χ1) is 15.2. The van der Waals surface area contributed by atoms with Crippen LogP contribution in [0.3, 0.4) is 0 Å². The monoisotopic (exact) mass is 497 g/mol. The highest BCUT2D eigenvalue weighted by atomic mass is 35.5. The molecule has 1 amide bonds. The minimum atomic E-state index is -0.767. The van der Waals surface area contributed by atoms with Crippen LogP contribution in [0.2, 0.25) is 10.0 Å². The van der Waals surface area contributed by atoms with Crippen molar-refractivity contribution in [2.75, 3.05) is 11.1 Å². The van der Waals surface area contributed by atoms with Gasteiger partial charge in [-0.2, -0.15) is 0 Å². The number of rotatable bonds is 8. The molecule has 1 heterocycles. The summed E-state index contributed by atoms with van der Waals surface area (Å²) in [5.41, 5.74) is 0.0665. The smallest absolute Gasteiger partial charge is 0.271 e. The van der Waals surface area contributed by atoms with Crippen molar-refractivity contribution in [2.24, 2.45) is 5.92 Å². The van der Waals surface area contributed by atoms with E-state index in [-0.39, 0.29) is 23.0 Å². The van der Waals surface area contributed by atoms with Crippen molar-refractivity contribution in [2.45, 2.75) is 25.5 Å². The molecule has 0 aliphatic heterocycles. The summed E-state index contributed by atoms with van der Waals surface area (Å²) >= 11 is 13.4. The first-order valence-corrected chi connectivity index (χ1v) is 11.1. The Hall–Kier alpha value is -2.69. The average molecular weight is 498 g/mol. The lowest BCUT2D eigenvalue weighted by atomic mass is 10.2. The highest BCUT2D eigenvalue weighted by molar-refractivity contribution is 7.99. The average Bonchev–Trinajstić information content (AvgIpc) is 3.09. The Morgan fingerprint density at radius 1 is 1.25 bits per heavy atom. The summed E-state index contributed by atoms with van der Waals surface area (Å²) in [4.78, 5) is 22.6. The predicted molar refractivity (Wildman–Crippen MR) is 123 cm³/mol. The molecule has 0 saturated carbocycles. The van der Waals surface area contributed by atoms with Crippen LogP contribution in [0.25, 0.3) is 11.4 Å². The maximum atomic E-state index is 13.9. The molecule has 3 rings (SSSR count). The van der Waals surface area contributed by atoms with Crippen molar-refractivity contribution < 1.29 is 14.1 Å². The number of halogens is 3. The normalized spacial score (nSPS) is 11.1. The van der Waals surface area contributed by atoms with E-state index < -0.39 is 16.6 Å². The molecule has 0 aliphatic rings. The van der Waals surface area contributed by atoms with Gasteiger partial charge in [-0.15, -0.1) is 10.2 Å². The van der Waals surface area contributed by atoms with Crippen molar-refractivity contribution >= 4 is 52.2 Å². The van der Waals surface area contributed by atoms with Crippen molar-refractivity contribution in [3.8, 4) is 11.4 Å². The van der Waals surface area contributed by atoms with Gasteiger partial charge in [0.05, 0.1) is 21.4 Å². The van der Waals surface area contributed by atoms with E-state index in [1.54, 1.807) is 18.2 Å². The van der Waals surface area contributed by atoms with Crippen LogP contribution in [0.4, 0.5) is 15.8 Å². The van der Waals surface area contributed by atoms with Crippen LogP contribution in [0.1, 0.15) is 13.8 Å². The molecule has 0 radical (unpaired) electrons. The first-order valence-electron chi connectivity index (χ1n) is 9.41. The predicted octanol–water partition coefficient (Wildman–Crippen LogP) is 5.69. The molecule has 0 saturated heterocycles. The Morgan fingerprint density at radius 3 is 2.66 bits per heavy atom. The number of nitrogens with zero attached hydrogens (tertiary/aromatic N) is 4. The summed E-state index contributed by atoms with van der Waals surface area (Å²) in [7, 11) is 0. The molecule has 3 aromatic rings. The second-order valence-corrected chi connectivity index (χ2v) is 8.98. The standard InChI is InChI=1S/C20H18Cl2FN5O3S/c1-11(2)9-27-19(14-5-3-12(21)7-15(14)22)25-26-20(27)32-10-18(29)24-17-8-13(28(30)31)4-6-16(17)23/h3-8,11H,9-10H2,1-2H3,(H,24,29). The number of hydrogen-bond donors (Lipinski definition) is 1. The van der Waals surface area contributed by atoms with Crippen LogP contribution in [0.15, 0.2) is 41.6 Å². The largest absolute Gasteiger partial charge is 0.323 e. The molecule has 0 unspecified atom stereocenters. The van der Waals surface area contributed by atoms with Gasteiger partial charge in [-0.3, -0.25) is 14.9 Å². The van der Waals surface area contributed by atoms with Crippen LogP contribution < -0.4 is 5.32 Å². The molecular formula is C20H18Cl2FN5O3S. The zero-order valence-corrected chi connectivity index (χ0v) is 19.3. The number of benzene rings is 2. The molecule has 0 fully saturated rings. The van der Waals surface area contributed by atoms with E-state index in [1.807, 2.05) is 18.4 Å². The van der Waals surface area contributed by atoms with Gasteiger partial charge in [-0.1, -0.05) is 48.8 Å². The van der Waals surface area contributed by atoms with Crippen LogP contribution in [-0.4, -0.2) is 31.3 Å². The van der Waals surface area contributed by atoms with Gasteiger partial charge in [0.1, 0.15) is 5.82 Å². The third kappa shape index (κ3) is 5.76. The van der Waals surface area contributed by atoms with Gasteiger partial charge in [-0.25, -0.2) is 4.39 Å². The van der Waals surface area contributed by atoms with E-state index in [0.717, 1.165) is 30.0 Å². The number of carbonyl (C=O) groups is 1. The number of aromatic nitrogens is 3. The Labute approximate surface area is 197 Å². The second kappa shape index (κ2) is 10.3. The number of carbonyl (C=O) groups excluding carboxylic acids is 1. The molecular weight excluding hydrogens is 480 g/mol.